The zero-order valence-electron chi connectivity index (χ0n) is 25.7. The monoisotopic (exact) mass is 603 g/mol. The van der Waals surface area contributed by atoms with Crippen molar-refractivity contribution >= 4 is 23.6 Å². The third-order valence-corrected chi connectivity index (χ3v) is 7.43. The molecule has 238 valence electrons. The lowest BCUT2D eigenvalue weighted by atomic mass is 9.85. The summed E-state index contributed by atoms with van der Waals surface area (Å²) in [5.41, 5.74) is 6.32. The summed E-state index contributed by atoms with van der Waals surface area (Å²) in [6.07, 6.45) is 3.98. The number of hydrogen-bond donors (Lipinski definition) is 5. The fourth-order valence-corrected chi connectivity index (χ4v) is 5.07. The summed E-state index contributed by atoms with van der Waals surface area (Å²) in [7, 11) is 2.90. The average molecular weight is 604 g/mol. The molecule has 0 saturated carbocycles. The molecule has 12 heteroatoms. The van der Waals surface area contributed by atoms with Crippen molar-refractivity contribution < 1.29 is 43.6 Å². The Balaban J connectivity index is 2.61. The van der Waals surface area contributed by atoms with Crippen molar-refractivity contribution in [3.05, 3.63) is 58.5 Å². The van der Waals surface area contributed by atoms with Crippen molar-refractivity contribution in [2.24, 2.45) is 17.6 Å². The molecule has 0 fully saturated rings. The number of ketones is 2. The Labute approximate surface area is 252 Å². The quantitative estimate of drug-likeness (QED) is 0.163. The molecule has 2 bridgehead atoms. The molecule has 2 rings (SSSR count). The van der Waals surface area contributed by atoms with Crippen LogP contribution in [0.25, 0.3) is 0 Å². The van der Waals surface area contributed by atoms with Gasteiger partial charge in [0.05, 0.1) is 23.6 Å². The molecule has 0 aromatic rings. The van der Waals surface area contributed by atoms with Gasteiger partial charge in [-0.3, -0.25) is 14.4 Å². The first-order valence-electron chi connectivity index (χ1n) is 14.3. The van der Waals surface area contributed by atoms with Gasteiger partial charge in [-0.2, -0.15) is 0 Å². The molecule has 43 heavy (non-hydrogen) atoms. The first-order chi connectivity index (χ1) is 20.3. The van der Waals surface area contributed by atoms with E-state index in [9.17, 15) is 29.4 Å². The summed E-state index contributed by atoms with van der Waals surface area (Å²) in [6, 6.07) is 0. The Hall–Kier alpha value is -3.58. The van der Waals surface area contributed by atoms with Crippen molar-refractivity contribution in [3.8, 4) is 0 Å². The predicted molar refractivity (Wildman–Crippen MR) is 159 cm³/mol. The number of fused-ring (bicyclic) bond motifs is 2. The summed E-state index contributed by atoms with van der Waals surface area (Å²) >= 11 is 0. The minimum absolute atomic E-state index is 0.0919. The van der Waals surface area contributed by atoms with Gasteiger partial charge in [-0.1, -0.05) is 38.2 Å². The van der Waals surface area contributed by atoms with Crippen LogP contribution in [-0.2, 0) is 28.6 Å². The first kappa shape index (κ1) is 35.6. The number of carbonyl (C=O) groups is 4. The van der Waals surface area contributed by atoms with E-state index in [1.165, 1.54) is 27.2 Å². The van der Waals surface area contributed by atoms with E-state index in [1.54, 1.807) is 32.1 Å². The van der Waals surface area contributed by atoms with Crippen molar-refractivity contribution in [2.45, 2.75) is 71.4 Å². The standard InChI is InChI=1S/C31H45N3O9/c1-17-13-21-26(33-11-8-12-35)23(36)16-22(28(21)38)34-30(39)18(2)9-7-10-24(41-5)29(43-31(32)40)20(4)15-19(3)27(37)25(14-17)42-6/h7,9-10,15-17,19,24-25,27,29,33,35,37H,8,11-14H2,1-6H3,(H2,32,40)(H,34,39)/b10-7+,18-9-,20-15+/t17-,19+,24-,25+,27-,29+/m1/s1. The molecule has 12 nitrogen and oxygen atoms in total. The fourth-order valence-electron chi connectivity index (χ4n) is 5.07. The van der Waals surface area contributed by atoms with Crippen LogP contribution in [0.5, 0.6) is 0 Å². The second-order valence-electron chi connectivity index (χ2n) is 10.9. The number of Topliss-reactive ketones (excluding diaryl/α,β-unsaturated/α-hetero) is 1. The summed E-state index contributed by atoms with van der Waals surface area (Å²) in [4.78, 5) is 51.4. The number of carbonyl (C=O) groups excluding carboxylic acids is 4. The number of allylic oxidation sites excluding steroid dienone is 4. The average Bonchev–Trinajstić information content (AvgIpc) is 2.95. The number of ether oxygens (including phenoxy) is 3. The number of nitrogens with two attached hydrogens (primary N) is 1. The molecule has 0 saturated heterocycles. The molecule has 0 spiro atoms. The highest BCUT2D eigenvalue weighted by molar-refractivity contribution is 6.23. The first-order valence-corrected chi connectivity index (χ1v) is 14.3. The van der Waals surface area contributed by atoms with E-state index in [4.69, 9.17) is 19.9 Å². The van der Waals surface area contributed by atoms with Crippen LogP contribution in [0.1, 0.15) is 47.0 Å². The number of aliphatic hydroxyl groups excluding tert-OH is 2. The van der Waals surface area contributed by atoms with Gasteiger partial charge in [0.1, 0.15) is 6.10 Å². The molecule has 1 aliphatic carbocycles. The van der Waals surface area contributed by atoms with Gasteiger partial charge in [-0.25, -0.2) is 4.79 Å². The number of amides is 2. The molecule has 6 N–H and O–H groups in total. The maximum absolute atomic E-state index is 13.6. The molecule has 2 amide bonds. The summed E-state index contributed by atoms with van der Waals surface area (Å²) in [6.45, 7) is 7.12. The van der Waals surface area contributed by atoms with Gasteiger partial charge < -0.3 is 40.8 Å². The lowest BCUT2D eigenvalue weighted by Crippen LogP contribution is -2.38. The highest BCUT2D eigenvalue weighted by atomic mass is 16.6. The van der Waals surface area contributed by atoms with Crippen LogP contribution in [0.4, 0.5) is 4.79 Å². The zero-order valence-corrected chi connectivity index (χ0v) is 25.7. The number of nitrogens with one attached hydrogen (secondary N) is 2. The van der Waals surface area contributed by atoms with E-state index in [-0.39, 0.29) is 48.0 Å². The van der Waals surface area contributed by atoms with Gasteiger partial charge in [0, 0.05) is 50.5 Å². The third-order valence-electron chi connectivity index (χ3n) is 7.43. The van der Waals surface area contributed by atoms with Gasteiger partial charge in [-0.15, -0.1) is 0 Å². The zero-order chi connectivity index (χ0) is 32.3. The highest BCUT2D eigenvalue weighted by Crippen LogP contribution is 2.28. The smallest absolute Gasteiger partial charge is 0.405 e. The van der Waals surface area contributed by atoms with E-state index in [0.29, 0.717) is 18.4 Å². The maximum atomic E-state index is 13.6. The normalized spacial score (nSPS) is 31.3. The van der Waals surface area contributed by atoms with Crippen LogP contribution >= 0.6 is 0 Å². The second-order valence-corrected chi connectivity index (χ2v) is 10.9. The maximum Gasteiger partial charge on any atom is 0.405 e. The molecule has 1 aliphatic heterocycles. The van der Waals surface area contributed by atoms with E-state index < -0.39 is 53.9 Å². The largest absolute Gasteiger partial charge is 0.439 e. The Morgan fingerprint density at radius 3 is 2.47 bits per heavy atom. The Morgan fingerprint density at radius 1 is 1.16 bits per heavy atom. The van der Waals surface area contributed by atoms with E-state index in [0.717, 1.165) is 6.08 Å². The Bertz CT molecular complexity index is 1200. The molecule has 0 radical (unpaired) electrons. The van der Waals surface area contributed by atoms with Crippen LogP contribution in [0.3, 0.4) is 0 Å². The van der Waals surface area contributed by atoms with Crippen LogP contribution in [0.2, 0.25) is 0 Å². The van der Waals surface area contributed by atoms with Crippen LogP contribution < -0.4 is 16.4 Å². The number of methoxy groups -OCH3 is 2. The van der Waals surface area contributed by atoms with Gasteiger partial charge >= 0.3 is 6.09 Å². The summed E-state index contributed by atoms with van der Waals surface area (Å²) in [5.74, 6) is -2.25. The van der Waals surface area contributed by atoms with E-state index in [1.807, 2.05) is 6.92 Å². The molecule has 0 unspecified atom stereocenters. The van der Waals surface area contributed by atoms with E-state index in [2.05, 4.69) is 10.6 Å². The predicted octanol–water partition coefficient (Wildman–Crippen LogP) is 1.73. The molecule has 0 aromatic heterocycles. The van der Waals surface area contributed by atoms with Gasteiger partial charge in [-0.05, 0) is 44.6 Å². The molecule has 2 aliphatic rings. The van der Waals surface area contributed by atoms with Crippen molar-refractivity contribution in [1.82, 2.24) is 10.6 Å². The van der Waals surface area contributed by atoms with E-state index >= 15 is 0 Å². The van der Waals surface area contributed by atoms with Crippen molar-refractivity contribution in [2.75, 3.05) is 27.4 Å². The second kappa shape index (κ2) is 16.9. The lowest BCUT2D eigenvalue weighted by Gasteiger charge is -2.30. The highest BCUT2D eigenvalue weighted by Gasteiger charge is 2.33. The summed E-state index contributed by atoms with van der Waals surface area (Å²) < 4.78 is 16.6. The number of hydrogen-bond acceptors (Lipinski definition) is 10. The van der Waals surface area contributed by atoms with Gasteiger partial charge in [0.25, 0.3) is 5.91 Å². The fraction of sp³-hybridized carbons (Fsp3) is 0.548. The van der Waals surface area contributed by atoms with Crippen LogP contribution in [0.15, 0.2) is 58.5 Å². The van der Waals surface area contributed by atoms with Gasteiger partial charge in [0.2, 0.25) is 11.6 Å². The van der Waals surface area contributed by atoms with Crippen molar-refractivity contribution in [1.29, 1.82) is 0 Å². The lowest BCUT2D eigenvalue weighted by molar-refractivity contribution is -0.120. The molecular weight excluding hydrogens is 558 g/mol. The number of rotatable bonds is 7. The topological polar surface area (TPSA) is 187 Å². The summed E-state index contributed by atoms with van der Waals surface area (Å²) in [5, 5.41) is 26.0. The number of primary amides is 1. The Morgan fingerprint density at radius 2 is 1.86 bits per heavy atom. The van der Waals surface area contributed by atoms with Crippen LogP contribution in [0, 0.1) is 11.8 Å². The molecular formula is C31H45N3O9. The SMILES string of the molecule is CO[C@H]1C[C@H](C)CC2=C(NCCCO)C(=O)C=C(NC(=O)/C(C)=C\C=C\[C@@H](OC)[C@@H](OC(N)=O)/C(C)=C/[C@H](C)[C@H]1O)C2=O. The molecule has 0 aromatic carbocycles. The molecule has 1 heterocycles. The van der Waals surface area contributed by atoms with Gasteiger partial charge in [0.15, 0.2) is 6.10 Å². The number of aliphatic hydroxyl groups is 2. The minimum atomic E-state index is -1.01. The Kier molecular flexibility index (Phi) is 14.0. The molecule has 6 atom stereocenters. The van der Waals surface area contributed by atoms with Crippen LogP contribution in [-0.4, -0.2) is 85.6 Å². The third kappa shape index (κ3) is 9.99. The minimum Gasteiger partial charge on any atom is -0.439 e. The van der Waals surface area contributed by atoms with Crippen molar-refractivity contribution in [3.63, 3.8) is 0 Å².